The van der Waals surface area contributed by atoms with E-state index in [1.165, 1.54) is 14.2 Å². The quantitative estimate of drug-likeness (QED) is 0.872. The van der Waals surface area contributed by atoms with E-state index in [0.29, 0.717) is 18.6 Å². The van der Waals surface area contributed by atoms with Crippen molar-refractivity contribution in [2.75, 3.05) is 32.8 Å². The van der Waals surface area contributed by atoms with E-state index in [-0.39, 0.29) is 29.4 Å². The van der Waals surface area contributed by atoms with E-state index in [4.69, 9.17) is 14.2 Å². The number of hydrogen-bond donors (Lipinski definition) is 1. The van der Waals surface area contributed by atoms with Crippen LogP contribution in [-0.4, -0.2) is 38.3 Å². The molecule has 1 N–H and O–H groups in total. The molecule has 1 fully saturated rings. The van der Waals surface area contributed by atoms with E-state index in [9.17, 15) is 15.3 Å². The van der Waals surface area contributed by atoms with Crippen LogP contribution < -0.4 is 10.1 Å². The molecule has 1 unspecified atom stereocenters. The van der Waals surface area contributed by atoms with Crippen LogP contribution in [0.5, 0.6) is 5.88 Å². The number of amides is 1. The SMILES string of the molecule is COCC(=O)Nc1nc(OC)c(C#N)c(C2CCCCO2)c1C#N. The Morgan fingerprint density at radius 3 is 2.62 bits per heavy atom. The lowest BCUT2D eigenvalue weighted by molar-refractivity contribution is -0.119. The normalized spacial score (nSPS) is 16.8. The fraction of sp³-hybridized carbons (Fsp3) is 0.500. The number of ether oxygens (including phenoxy) is 3. The Morgan fingerprint density at radius 2 is 2.08 bits per heavy atom. The molecular formula is C16H18N4O4. The monoisotopic (exact) mass is 330 g/mol. The highest BCUT2D eigenvalue weighted by molar-refractivity contribution is 5.92. The summed E-state index contributed by atoms with van der Waals surface area (Å²) in [6.07, 6.45) is 2.14. The first-order valence-corrected chi connectivity index (χ1v) is 7.48. The predicted octanol–water partition coefficient (Wildman–Crippen LogP) is 1.66. The molecule has 0 aromatic carbocycles. The minimum Gasteiger partial charge on any atom is -0.480 e. The summed E-state index contributed by atoms with van der Waals surface area (Å²) >= 11 is 0. The number of carbonyl (C=O) groups is 1. The number of nitrogens with one attached hydrogen (secondary N) is 1. The lowest BCUT2D eigenvalue weighted by Crippen LogP contribution is -2.21. The van der Waals surface area contributed by atoms with Crippen LogP contribution in [0.1, 0.15) is 42.1 Å². The van der Waals surface area contributed by atoms with Crippen molar-refractivity contribution in [3.8, 4) is 18.0 Å². The number of carbonyl (C=O) groups excluding carboxylic acids is 1. The summed E-state index contributed by atoms with van der Waals surface area (Å²) in [6, 6.07) is 4.07. The highest BCUT2D eigenvalue weighted by Gasteiger charge is 2.29. The Bertz CT molecular complexity index is 699. The first-order chi connectivity index (χ1) is 11.7. The molecule has 1 aromatic rings. The van der Waals surface area contributed by atoms with Crippen LogP contribution in [0, 0.1) is 22.7 Å². The molecule has 0 aliphatic carbocycles. The number of hydrogen-bond acceptors (Lipinski definition) is 7. The van der Waals surface area contributed by atoms with Crippen LogP contribution in [-0.2, 0) is 14.3 Å². The molecule has 0 spiro atoms. The number of anilines is 1. The maximum absolute atomic E-state index is 11.8. The van der Waals surface area contributed by atoms with Crippen molar-refractivity contribution in [2.45, 2.75) is 25.4 Å². The minimum absolute atomic E-state index is 0.0413. The van der Waals surface area contributed by atoms with Gasteiger partial charge in [-0.1, -0.05) is 0 Å². The largest absolute Gasteiger partial charge is 0.480 e. The molecule has 1 saturated heterocycles. The van der Waals surface area contributed by atoms with Gasteiger partial charge in [-0.15, -0.1) is 0 Å². The van der Waals surface area contributed by atoms with Gasteiger partial charge in [-0.2, -0.15) is 15.5 Å². The Hall–Kier alpha value is -2.68. The van der Waals surface area contributed by atoms with Gasteiger partial charge < -0.3 is 19.5 Å². The van der Waals surface area contributed by atoms with Crippen molar-refractivity contribution in [3.05, 3.63) is 16.7 Å². The smallest absolute Gasteiger partial charge is 0.251 e. The van der Waals surface area contributed by atoms with Gasteiger partial charge in [-0.3, -0.25) is 4.79 Å². The summed E-state index contributed by atoms with van der Waals surface area (Å²) in [5.41, 5.74) is 0.689. The molecule has 0 bridgehead atoms. The summed E-state index contributed by atoms with van der Waals surface area (Å²) < 4.78 is 15.7. The second kappa shape index (κ2) is 8.25. The van der Waals surface area contributed by atoms with Crippen molar-refractivity contribution in [3.63, 3.8) is 0 Å². The standard InChI is InChI=1S/C16H18N4O4/c1-22-9-13(21)19-15-10(7-17)14(12-5-3-4-6-24-12)11(8-18)16(20-15)23-2/h12H,3-6,9H2,1-2H3,(H,19,20,21). The first-order valence-electron chi connectivity index (χ1n) is 7.48. The topological polar surface area (TPSA) is 117 Å². The van der Waals surface area contributed by atoms with Gasteiger partial charge in [0.15, 0.2) is 5.82 Å². The summed E-state index contributed by atoms with van der Waals surface area (Å²) in [5.74, 6) is -0.364. The van der Waals surface area contributed by atoms with Crippen molar-refractivity contribution >= 4 is 11.7 Å². The summed E-state index contributed by atoms with van der Waals surface area (Å²) in [5, 5.41) is 21.6. The lowest BCUT2D eigenvalue weighted by atomic mass is 9.94. The van der Waals surface area contributed by atoms with Gasteiger partial charge in [0.2, 0.25) is 5.88 Å². The molecule has 126 valence electrons. The highest BCUT2D eigenvalue weighted by atomic mass is 16.5. The van der Waals surface area contributed by atoms with Crippen molar-refractivity contribution in [1.82, 2.24) is 4.98 Å². The zero-order valence-corrected chi connectivity index (χ0v) is 13.6. The van der Waals surface area contributed by atoms with Gasteiger partial charge in [0.05, 0.1) is 13.2 Å². The Labute approximate surface area is 139 Å². The van der Waals surface area contributed by atoms with Gasteiger partial charge in [-0.25, -0.2) is 0 Å². The fourth-order valence-corrected chi connectivity index (χ4v) is 2.63. The van der Waals surface area contributed by atoms with E-state index in [1.54, 1.807) is 0 Å². The first kappa shape index (κ1) is 17.7. The maximum Gasteiger partial charge on any atom is 0.251 e. The Balaban J connectivity index is 2.58. The molecule has 1 amide bonds. The van der Waals surface area contributed by atoms with Gasteiger partial charge in [0, 0.05) is 19.3 Å². The van der Waals surface area contributed by atoms with Crippen molar-refractivity contribution in [1.29, 1.82) is 10.5 Å². The second-order valence-corrected chi connectivity index (χ2v) is 5.19. The van der Waals surface area contributed by atoms with Crippen molar-refractivity contribution < 1.29 is 19.0 Å². The maximum atomic E-state index is 11.8. The van der Waals surface area contributed by atoms with Crippen molar-refractivity contribution in [2.24, 2.45) is 0 Å². The summed E-state index contributed by atoms with van der Waals surface area (Å²) in [7, 11) is 2.76. The van der Waals surface area contributed by atoms with Crippen LogP contribution >= 0.6 is 0 Å². The molecule has 24 heavy (non-hydrogen) atoms. The third-order valence-corrected chi connectivity index (χ3v) is 3.65. The summed E-state index contributed by atoms with van der Waals surface area (Å²) in [6.45, 7) is 0.376. The third-order valence-electron chi connectivity index (χ3n) is 3.65. The molecule has 0 saturated carbocycles. The fourth-order valence-electron chi connectivity index (χ4n) is 2.63. The molecule has 8 heteroatoms. The number of rotatable bonds is 5. The Morgan fingerprint density at radius 1 is 1.33 bits per heavy atom. The number of methoxy groups -OCH3 is 2. The predicted molar refractivity (Wildman–Crippen MR) is 83.3 cm³/mol. The van der Waals surface area contributed by atoms with Gasteiger partial charge >= 0.3 is 0 Å². The van der Waals surface area contributed by atoms with E-state index >= 15 is 0 Å². The number of nitrogens with zero attached hydrogens (tertiary/aromatic N) is 3. The highest BCUT2D eigenvalue weighted by Crippen LogP contribution is 2.37. The van der Waals surface area contributed by atoms with Crippen LogP contribution in [0.15, 0.2) is 0 Å². The lowest BCUT2D eigenvalue weighted by Gasteiger charge is -2.25. The zero-order chi connectivity index (χ0) is 17.5. The molecule has 2 rings (SSSR count). The average Bonchev–Trinajstić information content (AvgIpc) is 2.61. The van der Waals surface area contributed by atoms with Gasteiger partial charge in [-0.05, 0) is 19.3 Å². The molecule has 8 nitrogen and oxygen atoms in total. The summed E-state index contributed by atoms with van der Waals surface area (Å²) in [4.78, 5) is 15.9. The van der Waals surface area contributed by atoms with E-state index < -0.39 is 12.0 Å². The van der Waals surface area contributed by atoms with E-state index in [2.05, 4.69) is 10.3 Å². The molecule has 1 aliphatic rings. The number of pyridine rings is 1. The average molecular weight is 330 g/mol. The van der Waals surface area contributed by atoms with E-state index in [0.717, 1.165) is 12.8 Å². The Kier molecular flexibility index (Phi) is 6.07. The molecule has 1 aliphatic heterocycles. The molecule has 1 aromatic heterocycles. The number of aromatic nitrogens is 1. The number of nitriles is 2. The van der Waals surface area contributed by atoms with Crippen LogP contribution in [0.3, 0.4) is 0 Å². The van der Waals surface area contributed by atoms with Crippen LogP contribution in [0.25, 0.3) is 0 Å². The molecule has 1 atom stereocenters. The zero-order valence-electron chi connectivity index (χ0n) is 13.6. The van der Waals surface area contributed by atoms with E-state index in [1.807, 2.05) is 12.1 Å². The minimum atomic E-state index is -0.455. The molecular weight excluding hydrogens is 312 g/mol. The third kappa shape index (κ3) is 3.62. The molecule has 2 heterocycles. The van der Waals surface area contributed by atoms with Crippen LogP contribution in [0.2, 0.25) is 0 Å². The van der Waals surface area contributed by atoms with Gasteiger partial charge in [0.25, 0.3) is 5.91 Å². The van der Waals surface area contributed by atoms with Crippen LogP contribution in [0.4, 0.5) is 5.82 Å². The van der Waals surface area contributed by atoms with Gasteiger partial charge in [0.1, 0.15) is 29.9 Å². The molecule has 0 radical (unpaired) electrons. The second-order valence-electron chi connectivity index (χ2n) is 5.19.